The van der Waals surface area contributed by atoms with E-state index in [0.29, 0.717) is 21.8 Å². The molecule has 2 aromatic rings. The number of piperidine rings is 1. The highest BCUT2D eigenvalue weighted by molar-refractivity contribution is 6.32. The van der Waals surface area contributed by atoms with Crippen LogP contribution in [0, 0.1) is 12.3 Å². The maximum absolute atomic E-state index is 12.9. The molecular formula is C22H26ClNO5. The van der Waals surface area contributed by atoms with Gasteiger partial charge >= 0.3 is 5.63 Å². The normalized spacial score (nSPS) is 20.0. The number of fused-ring (bicyclic) bond motifs is 1. The van der Waals surface area contributed by atoms with E-state index in [-0.39, 0.29) is 5.91 Å². The van der Waals surface area contributed by atoms with Crippen LogP contribution < -0.4 is 10.4 Å². The summed E-state index contributed by atoms with van der Waals surface area (Å²) in [6, 6.07) is 4.72. The van der Waals surface area contributed by atoms with E-state index < -0.39 is 11.7 Å². The quantitative estimate of drug-likeness (QED) is 0.705. The molecule has 0 radical (unpaired) electrons. The van der Waals surface area contributed by atoms with Crippen LogP contribution in [0.2, 0.25) is 5.02 Å². The summed E-state index contributed by atoms with van der Waals surface area (Å²) < 4.78 is 16.6. The number of benzene rings is 1. The highest BCUT2D eigenvalue weighted by atomic mass is 35.5. The summed E-state index contributed by atoms with van der Waals surface area (Å²) in [5.74, 6) is 0.292. The zero-order chi connectivity index (χ0) is 20.6. The van der Waals surface area contributed by atoms with Crippen molar-refractivity contribution in [2.45, 2.75) is 45.6 Å². The Bertz CT molecular complexity index is 969. The lowest BCUT2D eigenvalue weighted by Crippen LogP contribution is -2.48. The Labute approximate surface area is 174 Å². The average Bonchev–Trinajstić information content (AvgIpc) is 2.70. The van der Waals surface area contributed by atoms with Crippen molar-refractivity contribution < 1.29 is 18.7 Å². The molecule has 2 aliphatic rings. The summed E-state index contributed by atoms with van der Waals surface area (Å²) >= 11 is 6.37. The van der Waals surface area contributed by atoms with E-state index in [0.717, 1.165) is 62.9 Å². The largest absolute Gasteiger partial charge is 0.479 e. The van der Waals surface area contributed by atoms with Gasteiger partial charge in [-0.3, -0.25) is 4.79 Å². The zero-order valence-corrected chi connectivity index (χ0v) is 17.6. The first-order valence-corrected chi connectivity index (χ1v) is 10.5. The standard InChI is InChI=1S/C22H26ClNO5/c1-14-11-20(25)29-18-13-19(17(23)12-16(14)18)28-15(2)21(26)24-7-3-22(4-8-24)5-9-27-10-6-22/h11-13,15H,3-10H2,1-2H3. The van der Waals surface area contributed by atoms with E-state index in [1.54, 1.807) is 19.1 Å². The minimum absolute atomic E-state index is 0.0474. The monoisotopic (exact) mass is 419 g/mol. The number of hydrogen-bond acceptors (Lipinski definition) is 5. The van der Waals surface area contributed by atoms with E-state index in [2.05, 4.69) is 0 Å². The minimum Gasteiger partial charge on any atom is -0.479 e. The van der Waals surface area contributed by atoms with Crippen LogP contribution in [0.3, 0.4) is 0 Å². The van der Waals surface area contributed by atoms with Gasteiger partial charge in [-0.05, 0) is 56.6 Å². The molecule has 0 bridgehead atoms. The minimum atomic E-state index is -0.676. The number of nitrogens with zero attached hydrogens (tertiary/aromatic N) is 1. The van der Waals surface area contributed by atoms with E-state index >= 15 is 0 Å². The Balaban J connectivity index is 1.45. The van der Waals surface area contributed by atoms with E-state index in [1.165, 1.54) is 6.07 Å². The molecule has 0 N–H and O–H groups in total. The Kier molecular flexibility index (Phi) is 5.58. The van der Waals surface area contributed by atoms with Gasteiger partial charge in [0.15, 0.2) is 6.10 Å². The first-order chi connectivity index (χ1) is 13.9. The molecular weight excluding hydrogens is 394 g/mol. The number of amides is 1. The van der Waals surface area contributed by atoms with Crippen LogP contribution in [0.15, 0.2) is 27.4 Å². The van der Waals surface area contributed by atoms with Crippen LogP contribution in [-0.2, 0) is 9.53 Å². The van der Waals surface area contributed by atoms with Crippen LogP contribution in [0.25, 0.3) is 11.0 Å². The van der Waals surface area contributed by atoms with Crippen LogP contribution >= 0.6 is 11.6 Å². The van der Waals surface area contributed by atoms with Crippen molar-refractivity contribution in [2.75, 3.05) is 26.3 Å². The molecule has 6 nitrogen and oxygen atoms in total. The van der Waals surface area contributed by atoms with Crippen LogP contribution in [0.5, 0.6) is 5.75 Å². The first kappa shape index (κ1) is 20.2. The van der Waals surface area contributed by atoms with E-state index in [1.807, 2.05) is 11.8 Å². The molecule has 1 spiro atoms. The summed E-state index contributed by atoms with van der Waals surface area (Å²) in [5.41, 5.74) is 1.08. The maximum Gasteiger partial charge on any atom is 0.336 e. The zero-order valence-electron chi connectivity index (χ0n) is 16.8. The summed E-state index contributed by atoms with van der Waals surface area (Å²) in [4.78, 5) is 26.5. The highest BCUT2D eigenvalue weighted by Gasteiger charge is 2.38. The fourth-order valence-corrected chi connectivity index (χ4v) is 4.62. The Morgan fingerprint density at radius 3 is 2.55 bits per heavy atom. The second-order valence-electron chi connectivity index (χ2n) is 8.22. The van der Waals surface area contributed by atoms with Crippen LogP contribution in [0.4, 0.5) is 0 Å². The molecule has 1 unspecified atom stereocenters. The topological polar surface area (TPSA) is 69.0 Å². The molecule has 1 aromatic heterocycles. The van der Waals surface area contributed by atoms with E-state index in [9.17, 15) is 9.59 Å². The van der Waals surface area contributed by atoms with Crippen LogP contribution in [-0.4, -0.2) is 43.2 Å². The molecule has 7 heteroatoms. The molecule has 2 aliphatic heterocycles. The lowest BCUT2D eigenvalue weighted by molar-refractivity contribution is -0.141. The molecule has 2 fully saturated rings. The molecule has 156 valence electrons. The van der Waals surface area contributed by atoms with E-state index in [4.69, 9.17) is 25.5 Å². The molecule has 1 aromatic carbocycles. The summed E-state index contributed by atoms with van der Waals surface area (Å²) in [5, 5.41) is 1.13. The van der Waals surface area contributed by atoms with Gasteiger partial charge in [-0.1, -0.05) is 11.6 Å². The molecule has 29 heavy (non-hydrogen) atoms. The van der Waals surface area contributed by atoms with Crippen molar-refractivity contribution in [3.05, 3.63) is 39.2 Å². The SMILES string of the molecule is Cc1cc(=O)oc2cc(OC(C)C(=O)N3CCC4(CCOCC4)CC3)c(Cl)cc12. The molecule has 1 atom stereocenters. The number of carbonyl (C=O) groups excluding carboxylic acids is 1. The average molecular weight is 420 g/mol. The third-order valence-electron chi connectivity index (χ3n) is 6.34. The van der Waals surface area contributed by atoms with Gasteiger partial charge in [-0.15, -0.1) is 0 Å². The van der Waals surface area contributed by atoms with Crippen molar-refractivity contribution in [1.82, 2.24) is 4.90 Å². The molecule has 4 rings (SSSR count). The van der Waals surface area contributed by atoms with Gasteiger partial charge in [0.2, 0.25) is 0 Å². The summed E-state index contributed by atoms with van der Waals surface area (Å²) in [6.07, 6.45) is 3.51. The van der Waals surface area contributed by atoms with Gasteiger partial charge in [0.1, 0.15) is 11.3 Å². The number of carbonyl (C=O) groups is 1. The molecule has 3 heterocycles. The van der Waals surface area contributed by atoms with Crippen molar-refractivity contribution >= 4 is 28.5 Å². The highest BCUT2D eigenvalue weighted by Crippen LogP contribution is 2.40. The van der Waals surface area contributed by atoms with Crippen molar-refractivity contribution in [1.29, 1.82) is 0 Å². The van der Waals surface area contributed by atoms with Gasteiger partial charge in [-0.25, -0.2) is 4.79 Å². The summed E-state index contributed by atoms with van der Waals surface area (Å²) in [6.45, 7) is 6.68. The maximum atomic E-state index is 12.9. The molecule has 2 saturated heterocycles. The Morgan fingerprint density at radius 2 is 1.86 bits per heavy atom. The van der Waals surface area contributed by atoms with Crippen molar-refractivity contribution in [2.24, 2.45) is 5.41 Å². The third-order valence-corrected chi connectivity index (χ3v) is 6.64. The van der Waals surface area contributed by atoms with Gasteiger partial charge in [0.05, 0.1) is 5.02 Å². The number of likely N-dealkylation sites (tertiary alicyclic amines) is 1. The lowest BCUT2D eigenvalue weighted by atomic mass is 9.72. The summed E-state index contributed by atoms with van der Waals surface area (Å²) in [7, 11) is 0. The number of ether oxygens (including phenoxy) is 2. The first-order valence-electron chi connectivity index (χ1n) is 10.1. The smallest absolute Gasteiger partial charge is 0.336 e. The number of aryl methyl sites for hydroxylation is 1. The second-order valence-corrected chi connectivity index (χ2v) is 8.63. The molecule has 0 saturated carbocycles. The van der Waals surface area contributed by atoms with Gasteiger partial charge in [0, 0.05) is 43.8 Å². The Hall–Kier alpha value is -2.05. The third kappa shape index (κ3) is 4.14. The predicted octanol–water partition coefficient (Wildman–Crippen LogP) is 3.94. The number of rotatable bonds is 3. The fraction of sp³-hybridized carbons (Fsp3) is 0.545. The number of halogens is 1. The van der Waals surface area contributed by atoms with Gasteiger partial charge in [-0.2, -0.15) is 0 Å². The van der Waals surface area contributed by atoms with Crippen LogP contribution in [0.1, 0.15) is 38.2 Å². The molecule has 1 amide bonds. The Morgan fingerprint density at radius 1 is 1.17 bits per heavy atom. The van der Waals surface area contributed by atoms with Crippen molar-refractivity contribution in [3.63, 3.8) is 0 Å². The lowest BCUT2D eigenvalue weighted by Gasteiger charge is -2.44. The fourth-order valence-electron chi connectivity index (χ4n) is 4.41. The number of hydrogen-bond donors (Lipinski definition) is 0. The second kappa shape index (κ2) is 8.00. The van der Waals surface area contributed by atoms with Gasteiger partial charge < -0.3 is 18.8 Å². The van der Waals surface area contributed by atoms with Gasteiger partial charge in [0.25, 0.3) is 5.91 Å². The molecule has 0 aliphatic carbocycles. The predicted molar refractivity (Wildman–Crippen MR) is 111 cm³/mol. The van der Waals surface area contributed by atoms with Crippen molar-refractivity contribution in [3.8, 4) is 5.75 Å².